The van der Waals surface area contributed by atoms with Crippen molar-refractivity contribution in [1.82, 2.24) is 5.32 Å². The van der Waals surface area contributed by atoms with Gasteiger partial charge in [-0.05, 0) is 18.6 Å². The molecule has 76 valence electrons. The van der Waals surface area contributed by atoms with Gasteiger partial charge in [0.2, 0.25) is 0 Å². The van der Waals surface area contributed by atoms with E-state index in [0.717, 1.165) is 32.2 Å². The predicted molar refractivity (Wildman–Crippen MR) is 59.4 cm³/mol. The molecule has 3 heteroatoms. The lowest BCUT2D eigenvalue weighted by Crippen LogP contribution is -2.31. The van der Waals surface area contributed by atoms with Crippen LogP contribution in [0.1, 0.15) is 12.8 Å². The predicted octanol–water partition coefficient (Wildman–Crippen LogP) is 1.67. The Morgan fingerprint density at radius 2 is 2.46 bits per heavy atom. The molecule has 0 saturated carbocycles. The molecule has 0 amide bonds. The number of thioether (sulfide) groups is 1. The SMILES string of the molecule is C=CCCOCCNC1CCSC1. The minimum absolute atomic E-state index is 0.730. The van der Waals surface area contributed by atoms with Crippen molar-refractivity contribution in [3.8, 4) is 0 Å². The molecule has 0 spiro atoms. The second-order valence-corrected chi connectivity index (χ2v) is 4.35. The van der Waals surface area contributed by atoms with Crippen molar-refractivity contribution in [1.29, 1.82) is 0 Å². The van der Waals surface area contributed by atoms with Gasteiger partial charge in [0, 0.05) is 18.3 Å². The zero-order valence-corrected chi connectivity index (χ0v) is 8.94. The Kier molecular flexibility index (Phi) is 6.33. The van der Waals surface area contributed by atoms with Crippen LogP contribution in [0.25, 0.3) is 0 Å². The minimum atomic E-state index is 0.730. The molecule has 1 N–H and O–H groups in total. The summed E-state index contributed by atoms with van der Waals surface area (Å²) in [7, 11) is 0. The summed E-state index contributed by atoms with van der Waals surface area (Å²) in [6.07, 6.45) is 4.16. The molecule has 1 unspecified atom stereocenters. The largest absolute Gasteiger partial charge is 0.380 e. The molecule has 0 radical (unpaired) electrons. The Morgan fingerprint density at radius 3 is 3.15 bits per heavy atom. The monoisotopic (exact) mass is 201 g/mol. The van der Waals surface area contributed by atoms with Gasteiger partial charge in [-0.2, -0.15) is 11.8 Å². The normalized spacial score (nSPS) is 22.0. The van der Waals surface area contributed by atoms with E-state index in [4.69, 9.17) is 4.74 Å². The maximum Gasteiger partial charge on any atom is 0.0591 e. The number of rotatable bonds is 7. The van der Waals surface area contributed by atoms with Gasteiger partial charge >= 0.3 is 0 Å². The summed E-state index contributed by atoms with van der Waals surface area (Å²) < 4.78 is 5.39. The van der Waals surface area contributed by atoms with Crippen molar-refractivity contribution in [3.63, 3.8) is 0 Å². The minimum Gasteiger partial charge on any atom is -0.380 e. The van der Waals surface area contributed by atoms with E-state index in [9.17, 15) is 0 Å². The van der Waals surface area contributed by atoms with Gasteiger partial charge in [-0.25, -0.2) is 0 Å². The van der Waals surface area contributed by atoms with E-state index in [2.05, 4.69) is 11.9 Å². The highest BCUT2D eigenvalue weighted by Crippen LogP contribution is 2.16. The lowest BCUT2D eigenvalue weighted by Gasteiger charge is -2.10. The average Bonchev–Trinajstić information content (AvgIpc) is 2.63. The molecule has 1 aliphatic rings. The molecule has 2 nitrogen and oxygen atoms in total. The number of hydrogen-bond donors (Lipinski definition) is 1. The fraction of sp³-hybridized carbons (Fsp3) is 0.800. The molecular weight excluding hydrogens is 182 g/mol. The van der Waals surface area contributed by atoms with Crippen molar-refractivity contribution >= 4 is 11.8 Å². The van der Waals surface area contributed by atoms with Crippen LogP contribution in [0.4, 0.5) is 0 Å². The van der Waals surface area contributed by atoms with E-state index in [1.165, 1.54) is 17.9 Å². The summed E-state index contributed by atoms with van der Waals surface area (Å²) in [6, 6.07) is 0.730. The fourth-order valence-electron chi connectivity index (χ4n) is 1.30. The van der Waals surface area contributed by atoms with Crippen molar-refractivity contribution in [2.75, 3.05) is 31.3 Å². The lowest BCUT2D eigenvalue weighted by atomic mass is 10.3. The van der Waals surface area contributed by atoms with Crippen LogP contribution in [0.15, 0.2) is 12.7 Å². The first-order valence-electron chi connectivity index (χ1n) is 4.93. The molecule has 1 atom stereocenters. The summed E-state index contributed by atoms with van der Waals surface area (Å²) in [4.78, 5) is 0. The van der Waals surface area contributed by atoms with Crippen LogP contribution in [0, 0.1) is 0 Å². The molecule has 1 fully saturated rings. The number of nitrogens with one attached hydrogen (secondary N) is 1. The van der Waals surface area contributed by atoms with Crippen LogP contribution >= 0.6 is 11.8 Å². The second kappa shape index (κ2) is 7.42. The lowest BCUT2D eigenvalue weighted by molar-refractivity contribution is 0.139. The Bertz CT molecular complexity index is 135. The Morgan fingerprint density at radius 1 is 1.54 bits per heavy atom. The molecular formula is C10H19NOS. The Hall–Kier alpha value is 0.0100. The van der Waals surface area contributed by atoms with Gasteiger partial charge in [0.1, 0.15) is 0 Å². The first-order valence-corrected chi connectivity index (χ1v) is 6.08. The first kappa shape index (κ1) is 11.1. The zero-order valence-electron chi connectivity index (χ0n) is 8.13. The summed E-state index contributed by atoms with van der Waals surface area (Å²) in [5, 5.41) is 3.49. The van der Waals surface area contributed by atoms with Gasteiger partial charge in [-0.15, -0.1) is 6.58 Å². The van der Waals surface area contributed by atoms with Crippen LogP contribution in [0.5, 0.6) is 0 Å². The summed E-state index contributed by atoms with van der Waals surface area (Å²) in [5.74, 6) is 2.58. The number of ether oxygens (including phenoxy) is 1. The second-order valence-electron chi connectivity index (χ2n) is 3.20. The summed E-state index contributed by atoms with van der Waals surface area (Å²) in [5.41, 5.74) is 0. The van der Waals surface area contributed by atoms with Gasteiger partial charge in [0.25, 0.3) is 0 Å². The van der Waals surface area contributed by atoms with E-state index in [1.807, 2.05) is 17.8 Å². The highest BCUT2D eigenvalue weighted by atomic mass is 32.2. The third-order valence-corrected chi connectivity index (χ3v) is 3.24. The molecule has 13 heavy (non-hydrogen) atoms. The van der Waals surface area contributed by atoms with Gasteiger partial charge in [-0.1, -0.05) is 6.08 Å². The Balaban J connectivity index is 1.80. The standard InChI is InChI=1S/C10H19NOS/c1-2-3-6-12-7-5-11-10-4-8-13-9-10/h2,10-11H,1,3-9H2. The third-order valence-electron chi connectivity index (χ3n) is 2.08. The Labute approximate surface area is 85.1 Å². The first-order chi connectivity index (χ1) is 6.43. The van der Waals surface area contributed by atoms with E-state index in [1.54, 1.807) is 0 Å². The summed E-state index contributed by atoms with van der Waals surface area (Å²) in [6.45, 7) is 6.27. The molecule has 0 bridgehead atoms. The van der Waals surface area contributed by atoms with Crippen molar-refractivity contribution in [2.24, 2.45) is 0 Å². The molecule has 0 aliphatic carbocycles. The molecule has 1 aliphatic heterocycles. The van der Waals surface area contributed by atoms with Crippen LogP contribution in [0.2, 0.25) is 0 Å². The quantitative estimate of drug-likeness (QED) is 0.500. The van der Waals surface area contributed by atoms with E-state index >= 15 is 0 Å². The molecule has 1 saturated heterocycles. The average molecular weight is 201 g/mol. The topological polar surface area (TPSA) is 21.3 Å². The van der Waals surface area contributed by atoms with E-state index in [-0.39, 0.29) is 0 Å². The molecule has 0 aromatic heterocycles. The smallest absolute Gasteiger partial charge is 0.0591 e. The van der Waals surface area contributed by atoms with E-state index < -0.39 is 0 Å². The fourth-order valence-corrected chi connectivity index (χ4v) is 2.49. The van der Waals surface area contributed by atoms with Crippen LogP contribution < -0.4 is 5.32 Å². The molecule has 1 heterocycles. The number of hydrogen-bond acceptors (Lipinski definition) is 3. The van der Waals surface area contributed by atoms with Gasteiger partial charge in [-0.3, -0.25) is 0 Å². The van der Waals surface area contributed by atoms with Crippen LogP contribution in [-0.2, 0) is 4.74 Å². The maximum atomic E-state index is 5.39. The highest BCUT2D eigenvalue weighted by Gasteiger charge is 2.13. The summed E-state index contributed by atoms with van der Waals surface area (Å²) >= 11 is 2.04. The van der Waals surface area contributed by atoms with Gasteiger partial charge in [0.05, 0.1) is 13.2 Å². The van der Waals surface area contributed by atoms with Crippen LogP contribution in [0.3, 0.4) is 0 Å². The van der Waals surface area contributed by atoms with Crippen LogP contribution in [-0.4, -0.2) is 37.3 Å². The molecule has 1 rings (SSSR count). The van der Waals surface area contributed by atoms with Crippen molar-refractivity contribution in [2.45, 2.75) is 18.9 Å². The van der Waals surface area contributed by atoms with Gasteiger partial charge in [0.15, 0.2) is 0 Å². The van der Waals surface area contributed by atoms with Crippen molar-refractivity contribution in [3.05, 3.63) is 12.7 Å². The molecule has 0 aromatic rings. The third kappa shape index (κ3) is 5.34. The zero-order chi connectivity index (χ0) is 9.36. The van der Waals surface area contributed by atoms with E-state index in [0.29, 0.717) is 0 Å². The maximum absolute atomic E-state index is 5.39. The van der Waals surface area contributed by atoms with Crippen molar-refractivity contribution < 1.29 is 4.74 Å². The van der Waals surface area contributed by atoms with Gasteiger partial charge < -0.3 is 10.1 Å². The molecule has 0 aromatic carbocycles. The highest BCUT2D eigenvalue weighted by molar-refractivity contribution is 7.99.